The van der Waals surface area contributed by atoms with Crippen LogP contribution in [0.2, 0.25) is 0 Å². The molecule has 1 aromatic carbocycles. The smallest absolute Gasteiger partial charge is 0.231 e. The van der Waals surface area contributed by atoms with Gasteiger partial charge in [0.05, 0.1) is 37.8 Å². The van der Waals surface area contributed by atoms with Gasteiger partial charge in [0.15, 0.2) is 0 Å². The fraction of sp³-hybridized carbons (Fsp3) is 0.480. The van der Waals surface area contributed by atoms with Gasteiger partial charge in [-0.15, -0.1) is 0 Å². The molecule has 0 spiro atoms. The van der Waals surface area contributed by atoms with Gasteiger partial charge in [-0.05, 0) is 44.1 Å². The fourth-order valence-corrected chi connectivity index (χ4v) is 4.91. The molecule has 1 unspecified atom stereocenters. The molecule has 1 amide bonds. The number of nitriles is 1. The van der Waals surface area contributed by atoms with Gasteiger partial charge in [-0.3, -0.25) is 4.79 Å². The van der Waals surface area contributed by atoms with Gasteiger partial charge >= 0.3 is 0 Å². The van der Waals surface area contributed by atoms with E-state index in [0.717, 1.165) is 61.8 Å². The highest BCUT2D eigenvalue weighted by Gasteiger charge is 2.32. The predicted octanol–water partition coefficient (Wildman–Crippen LogP) is 2.47. The molecular weight excluding hydrogens is 434 g/mol. The second-order valence-electron chi connectivity index (χ2n) is 8.83. The van der Waals surface area contributed by atoms with Gasteiger partial charge in [0.25, 0.3) is 0 Å². The number of piperidine rings is 1. The van der Waals surface area contributed by atoms with Crippen molar-refractivity contribution >= 4 is 17.3 Å². The van der Waals surface area contributed by atoms with Crippen molar-refractivity contribution in [1.29, 1.82) is 5.26 Å². The number of nitrogens with zero attached hydrogens (tertiary/aromatic N) is 4. The molecule has 9 heteroatoms. The first-order valence-electron chi connectivity index (χ1n) is 11.8. The highest BCUT2D eigenvalue weighted by molar-refractivity contribution is 5.79. The van der Waals surface area contributed by atoms with Crippen LogP contribution in [0, 0.1) is 17.2 Å². The van der Waals surface area contributed by atoms with Gasteiger partial charge in [-0.1, -0.05) is 0 Å². The second kappa shape index (κ2) is 9.77. The number of pyridine rings is 1. The van der Waals surface area contributed by atoms with Crippen molar-refractivity contribution in [3.05, 3.63) is 36.0 Å². The van der Waals surface area contributed by atoms with Gasteiger partial charge in [0.2, 0.25) is 11.8 Å². The molecule has 1 atom stereocenters. The average molecular weight is 464 g/mol. The molecule has 2 fully saturated rings. The molecule has 9 nitrogen and oxygen atoms in total. The maximum Gasteiger partial charge on any atom is 0.231 e. The Hall–Kier alpha value is -3.51. The van der Waals surface area contributed by atoms with Crippen molar-refractivity contribution in [2.75, 3.05) is 51.3 Å². The monoisotopic (exact) mass is 463 g/mol. The van der Waals surface area contributed by atoms with E-state index in [-0.39, 0.29) is 17.9 Å². The lowest BCUT2D eigenvalue weighted by Gasteiger charge is -2.31. The van der Waals surface area contributed by atoms with Crippen LogP contribution in [0.25, 0.3) is 0 Å². The van der Waals surface area contributed by atoms with Crippen molar-refractivity contribution in [2.24, 2.45) is 5.92 Å². The van der Waals surface area contributed by atoms with Crippen molar-refractivity contribution in [3.63, 3.8) is 0 Å². The zero-order chi connectivity index (χ0) is 23.5. The lowest BCUT2D eigenvalue weighted by Crippen LogP contribution is -2.40. The summed E-state index contributed by atoms with van der Waals surface area (Å²) in [4.78, 5) is 21.2. The van der Waals surface area contributed by atoms with Crippen LogP contribution in [0.15, 0.2) is 30.5 Å². The Morgan fingerprint density at radius 1 is 1.24 bits per heavy atom. The third kappa shape index (κ3) is 4.46. The Labute approximate surface area is 199 Å². The Bertz CT molecular complexity index is 1100. The van der Waals surface area contributed by atoms with Gasteiger partial charge in [0.1, 0.15) is 35.8 Å². The molecule has 178 valence electrons. The summed E-state index contributed by atoms with van der Waals surface area (Å²) >= 11 is 0. The number of likely N-dealkylation sites (tertiary alicyclic amines) is 1. The first kappa shape index (κ1) is 22.3. The number of amides is 1. The Kier molecular flexibility index (Phi) is 6.41. The minimum Gasteiger partial charge on any atom is -0.490 e. The maximum atomic E-state index is 12.9. The molecule has 5 rings (SSSR count). The summed E-state index contributed by atoms with van der Waals surface area (Å²) in [5, 5.41) is 12.8. The zero-order valence-electron chi connectivity index (χ0n) is 19.3. The molecule has 1 aromatic heterocycles. The summed E-state index contributed by atoms with van der Waals surface area (Å²) in [6, 6.07) is 9.69. The SMILES string of the molecule is COc1ncc(N2CCOc3ccc(OC4CCN(C(=O)C5CCNCC5)C4)cc32)cc1C#N. The largest absolute Gasteiger partial charge is 0.490 e. The number of hydrogen-bond donors (Lipinski definition) is 1. The minimum absolute atomic E-state index is 0.0329. The summed E-state index contributed by atoms with van der Waals surface area (Å²) < 4.78 is 17.3. The van der Waals surface area contributed by atoms with Crippen molar-refractivity contribution in [2.45, 2.75) is 25.4 Å². The van der Waals surface area contributed by atoms with Crippen LogP contribution in [-0.4, -0.2) is 68.3 Å². The van der Waals surface area contributed by atoms with E-state index in [1.54, 1.807) is 12.3 Å². The van der Waals surface area contributed by atoms with Gasteiger partial charge in [-0.25, -0.2) is 4.98 Å². The molecule has 0 radical (unpaired) electrons. The molecule has 3 aliphatic rings. The molecule has 2 saturated heterocycles. The summed E-state index contributed by atoms with van der Waals surface area (Å²) in [5.74, 6) is 2.19. The molecule has 1 N–H and O–H groups in total. The fourth-order valence-electron chi connectivity index (χ4n) is 4.91. The Morgan fingerprint density at radius 2 is 2.09 bits per heavy atom. The molecule has 3 aliphatic heterocycles. The topological polar surface area (TPSA) is 100.0 Å². The van der Waals surface area contributed by atoms with Gasteiger partial charge < -0.3 is 29.3 Å². The van der Waals surface area contributed by atoms with E-state index in [0.29, 0.717) is 31.1 Å². The predicted molar refractivity (Wildman–Crippen MR) is 126 cm³/mol. The van der Waals surface area contributed by atoms with E-state index < -0.39 is 0 Å². The van der Waals surface area contributed by atoms with E-state index in [9.17, 15) is 10.1 Å². The number of rotatable bonds is 5. The number of hydrogen-bond acceptors (Lipinski definition) is 8. The van der Waals surface area contributed by atoms with E-state index >= 15 is 0 Å². The highest BCUT2D eigenvalue weighted by Crippen LogP contribution is 2.40. The molecule has 34 heavy (non-hydrogen) atoms. The van der Waals surface area contributed by atoms with Crippen molar-refractivity contribution in [1.82, 2.24) is 15.2 Å². The standard InChI is InChI=1S/C25H29N5O4/c1-32-24-18(14-26)12-19(15-28-24)30-10-11-33-23-3-2-20(13-22(23)30)34-21-6-9-29(16-21)25(31)17-4-7-27-8-5-17/h2-3,12-13,15,17,21,27H,4-11,16H2,1H3. The summed E-state index contributed by atoms with van der Waals surface area (Å²) in [5.41, 5.74) is 2.03. The van der Waals surface area contributed by atoms with Crippen LogP contribution in [0.4, 0.5) is 11.4 Å². The molecule has 2 aromatic rings. The zero-order valence-corrected chi connectivity index (χ0v) is 19.3. The Morgan fingerprint density at radius 3 is 2.88 bits per heavy atom. The lowest BCUT2D eigenvalue weighted by atomic mass is 9.97. The Balaban J connectivity index is 1.30. The first-order chi connectivity index (χ1) is 16.7. The van der Waals surface area contributed by atoms with Crippen molar-refractivity contribution < 1.29 is 19.0 Å². The van der Waals surface area contributed by atoms with Crippen LogP contribution < -0.4 is 24.4 Å². The third-order valence-corrected chi connectivity index (χ3v) is 6.70. The normalized spacial score (nSPS) is 20.3. The number of aromatic nitrogens is 1. The maximum absolute atomic E-state index is 12.9. The number of benzene rings is 1. The first-order valence-corrected chi connectivity index (χ1v) is 11.8. The van der Waals surface area contributed by atoms with E-state index in [4.69, 9.17) is 14.2 Å². The number of ether oxygens (including phenoxy) is 3. The van der Waals surface area contributed by atoms with E-state index in [1.807, 2.05) is 23.1 Å². The average Bonchev–Trinajstić information content (AvgIpc) is 3.36. The molecule has 0 aliphatic carbocycles. The number of anilines is 2. The van der Waals surface area contributed by atoms with Crippen LogP contribution in [0.5, 0.6) is 17.4 Å². The van der Waals surface area contributed by atoms with Crippen LogP contribution in [-0.2, 0) is 4.79 Å². The summed E-state index contributed by atoms with van der Waals surface area (Å²) in [6.07, 6.45) is 4.31. The quantitative estimate of drug-likeness (QED) is 0.722. The third-order valence-electron chi connectivity index (χ3n) is 6.70. The van der Waals surface area contributed by atoms with Crippen LogP contribution in [0.3, 0.4) is 0 Å². The van der Waals surface area contributed by atoms with Crippen LogP contribution >= 0.6 is 0 Å². The number of fused-ring (bicyclic) bond motifs is 1. The minimum atomic E-state index is -0.0329. The van der Waals surface area contributed by atoms with E-state index in [2.05, 4.69) is 21.3 Å². The van der Waals surface area contributed by atoms with Crippen molar-refractivity contribution in [3.8, 4) is 23.4 Å². The number of carbonyl (C=O) groups excluding carboxylic acids is 1. The molecular formula is C25H29N5O4. The molecule has 4 heterocycles. The van der Waals surface area contributed by atoms with Gasteiger partial charge in [0, 0.05) is 24.9 Å². The van der Waals surface area contributed by atoms with E-state index in [1.165, 1.54) is 7.11 Å². The number of carbonyl (C=O) groups is 1. The van der Waals surface area contributed by atoms with Gasteiger partial charge in [-0.2, -0.15) is 5.26 Å². The molecule has 0 bridgehead atoms. The number of methoxy groups -OCH3 is 1. The number of nitrogens with one attached hydrogen (secondary N) is 1. The highest BCUT2D eigenvalue weighted by atomic mass is 16.5. The second-order valence-corrected chi connectivity index (χ2v) is 8.83. The summed E-state index contributed by atoms with van der Waals surface area (Å²) in [6.45, 7) is 4.33. The van der Waals surface area contributed by atoms with Crippen LogP contribution in [0.1, 0.15) is 24.8 Å². The lowest BCUT2D eigenvalue weighted by molar-refractivity contribution is -0.135. The molecule has 0 saturated carbocycles. The summed E-state index contributed by atoms with van der Waals surface area (Å²) in [7, 11) is 1.50.